The first-order valence-electron chi connectivity index (χ1n) is 9.10. The number of rotatable bonds is 8. The van der Waals surface area contributed by atoms with Crippen LogP contribution in [0.1, 0.15) is 41.4 Å². The number of ether oxygens (including phenoxy) is 1. The second-order valence-corrected chi connectivity index (χ2v) is 6.37. The molecule has 0 spiro atoms. The average Bonchev–Trinajstić information content (AvgIpc) is 2.70. The van der Waals surface area contributed by atoms with Gasteiger partial charge in [-0.05, 0) is 45.0 Å². The summed E-state index contributed by atoms with van der Waals surface area (Å²) in [4.78, 5) is 23.4. The molecule has 0 radical (unpaired) electrons. The van der Waals surface area contributed by atoms with Crippen LogP contribution < -0.4 is 15.4 Å². The highest BCUT2D eigenvalue weighted by Crippen LogP contribution is 2.26. The van der Waals surface area contributed by atoms with Gasteiger partial charge >= 0.3 is 5.97 Å². The van der Waals surface area contributed by atoms with Crippen molar-refractivity contribution in [3.05, 3.63) is 70.9 Å². The Bertz CT molecular complexity index is 976. The molecule has 0 bridgehead atoms. The van der Waals surface area contributed by atoms with E-state index in [1.807, 2.05) is 45.0 Å². The standard InChI is InChI=1S/C22H23N3O4/c1-4-29-20-9-8-14(2)10-19(20)15(3)24-13-17(12-23)21(26)25-18-7-5-6-16(11-18)22(27)28/h5-11,13,15,24H,4H2,1-3H3,(H,25,26)(H,27,28)/b17-13-. The van der Waals surface area contributed by atoms with Gasteiger partial charge in [0.2, 0.25) is 0 Å². The normalized spacial score (nSPS) is 11.9. The summed E-state index contributed by atoms with van der Waals surface area (Å²) in [7, 11) is 0. The van der Waals surface area contributed by atoms with Crippen molar-refractivity contribution in [2.24, 2.45) is 0 Å². The number of carboxylic acids is 1. The van der Waals surface area contributed by atoms with Crippen LogP contribution in [0.3, 0.4) is 0 Å². The van der Waals surface area contributed by atoms with E-state index in [-0.39, 0.29) is 17.2 Å². The average molecular weight is 393 g/mol. The Kier molecular flexibility index (Phi) is 7.38. The molecule has 0 saturated heterocycles. The van der Waals surface area contributed by atoms with E-state index >= 15 is 0 Å². The highest BCUT2D eigenvalue weighted by molar-refractivity contribution is 6.06. The second-order valence-electron chi connectivity index (χ2n) is 6.37. The third-order valence-corrected chi connectivity index (χ3v) is 4.14. The van der Waals surface area contributed by atoms with Gasteiger partial charge < -0.3 is 20.5 Å². The number of nitrogens with zero attached hydrogens (tertiary/aromatic N) is 1. The number of nitrogens with one attached hydrogen (secondary N) is 2. The molecule has 0 fully saturated rings. The molecule has 0 saturated carbocycles. The molecule has 0 aliphatic heterocycles. The molecule has 2 rings (SSSR count). The molecule has 0 heterocycles. The second kappa shape index (κ2) is 9.95. The predicted octanol–water partition coefficient (Wildman–Crippen LogP) is 3.79. The third kappa shape index (κ3) is 5.84. The van der Waals surface area contributed by atoms with Crippen molar-refractivity contribution in [2.45, 2.75) is 26.8 Å². The molecule has 1 amide bonds. The number of carboxylic acid groups (broad SMARTS) is 1. The summed E-state index contributed by atoms with van der Waals surface area (Å²) < 4.78 is 5.65. The molecule has 3 N–H and O–H groups in total. The van der Waals surface area contributed by atoms with Crippen molar-refractivity contribution in [1.29, 1.82) is 5.26 Å². The van der Waals surface area contributed by atoms with Crippen LogP contribution in [0.2, 0.25) is 0 Å². The molecule has 2 aromatic carbocycles. The zero-order valence-electron chi connectivity index (χ0n) is 16.5. The highest BCUT2D eigenvalue weighted by Gasteiger charge is 2.14. The SMILES string of the molecule is CCOc1ccc(C)cc1C(C)N/C=C(/C#N)C(=O)Nc1cccc(C(=O)O)c1. The zero-order chi connectivity index (χ0) is 21.4. The smallest absolute Gasteiger partial charge is 0.335 e. The van der Waals surface area contributed by atoms with Crippen LogP contribution in [-0.4, -0.2) is 23.6 Å². The van der Waals surface area contributed by atoms with Gasteiger partial charge in [0.1, 0.15) is 17.4 Å². The zero-order valence-corrected chi connectivity index (χ0v) is 16.5. The quantitative estimate of drug-likeness (QED) is 0.465. The van der Waals surface area contributed by atoms with Gasteiger partial charge in [-0.1, -0.05) is 23.8 Å². The summed E-state index contributed by atoms with van der Waals surface area (Å²) in [6.07, 6.45) is 1.35. The van der Waals surface area contributed by atoms with E-state index in [1.54, 1.807) is 6.07 Å². The van der Waals surface area contributed by atoms with Crippen molar-refractivity contribution >= 4 is 17.6 Å². The van der Waals surface area contributed by atoms with Gasteiger partial charge in [0.25, 0.3) is 5.91 Å². The van der Waals surface area contributed by atoms with E-state index in [4.69, 9.17) is 9.84 Å². The van der Waals surface area contributed by atoms with Gasteiger partial charge in [0.15, 0.2) is 0 Å². The predicted molar refractivity (Wildman–Crippen MR) is 110 cm³/mol. The van der Waals surface area contributed by atoms with E-state index in [1.165, 1.54) is 24.4 Å². The maximum Gasteiger partial charge on any atom is 0.335 e. The fourth-order valence-corrected chi connectivity index (χ4v) is 2.67. The third-order valence-electron chi connectivity index (χ3n) is 4.14. The lowest BCUT2D eigenvalue weighted by Gasteiger charge is -2.18. The van der Waals surface area contributed by atoms with Crippen LogP contribution in [0, 0.1) is 18.3 Å². The highest BCUT2D eigenvalue weighted by atomic mass is 16.5. The van der Waals surface area contributed by atoms with Crippen LogP contribution in [-0.2, 0) is 4.79 Å². The number of anilines is 1. The number of hydrogen-bond acceptors (Lipinski definition) is 5. The van der Waals surface area contributed by atoms with Crippen LogP contribution in [0.4, 0.5) is 5.69 Å². The molecule has 0 aliphatic carbocycles. The number of aromatic carboxylic acids is 1. The first kappa shape index (κ1) is 21.5. The Morgan fingerprint density at radius 2 is 2.03 bits per heavy atom. The van der Waals surface area contributed by atoms with Crippen molar-refractivity contribution < 1.29 is 19.4 Å². The van der Waals surface area contributed by atoms with E-state index < -0.39 is 11.9 Å². The van der Waals surface area contributed by atoms with Gasteiger partial charge in [-0.25, -0.2) is 4.79 Å². The molecule has 0 aliphatic rings. The summed E-state index contributed by atoms with van der Waals surface area (Å²) in [5.41, 5.74) is 2.18. The number of aryl methyl sites for hydroxylation is 1. The maximum atomic E-state index is 12.4. The molecular weight excluding hydrogens is 370 g/mol. The van der Waals surface area contributed by atoms with E-state index in [2.05, 4.69) is 10.6 Å². The van der Waals surface area contributed by atoms with Crippen molar-refractivity contribution in [3.8, 4) is 11.8 Å². The Morgan fingerprint density at radius 3 is 2.69 bits per heavy atom. The molecule has 2 aromatic rings. The number of amides is 1. The molecule has 1 unspecified atom stereocenters. The maximum absolute atomic E-state index is 12.4. The minimum atomic E-state index is -1.10. The van der Waals surface area contributed by atoms with Crippen LogP contribution in [0.25, 0.3) is 0 Å². The summed E-state index contributed by atoms with van der Waals surface area (Å²) in [6.45, 7) is 6.30. The molecule has 0 aromatic heterocycles. The number of carbonyl (C=O) groups is 2. The van der Waals surface area contributed by atoms with Crippen molar-refractivity contribution in [1.82, 2.24) is 5.32 Å². The van der Waals surface area contributed by atoms with Gasteiger partial charge in [0.05, 0.1) is 18.2 Å². The topological polar surface area (TPSA) is 111 Å². The summed E-state index contributed by atoms with van der Waals surface area (Å²) >= 11 is 0. The Morgan fingerprint density at radius 1 is 1.28 bits per heavy atom. The molecular formula is C22H23N3O4. The van der Waals surface area contributed by atoms with Gasteiger partial charge in [-0.15, -0.1) is 0 Å². The Hall–Kier alpha value is -3.79. The fourth-order valence-electron chi connectivity index (χ4n) is 2.67. The Labute approximate surface area is 169 Å². The molecule has 1 atom stereocenters. The van der Waals surface area contributed by atoms with Crippen molar-refractivity contribution in [2.75, 3.05) is 11.9 Å². The molecule has 7 heteroatoms. The van der Waals surface area contributed by atoms with E-state index in [9.17, 15) is 14.9 Å². The lowest BCUT2D eigenvalue weighted by atomic mass is 10.0. The van der Waals surface area contributed by atoms with Crippen LogP contribution in [0.5, 0.6) is 5.75 Å². The van der Waals surface area contributed by atoms with Gasteiger partial charge in [-0.2, -0.15) is 5.26 Å². The largest absolute Gasteiger partial charge is 0.494 e. The number of nitriles is 1. The minimum Gasteiger partial charge on any atom is -0.494 e. The first-order chi connectivity index (χ1) is 13.8. The minimum absolute atomic E-state index is 0.0416. The Balaban J connectivity index is 2.15. The fraction of sp³-hybridized carbons (Fsp3) is 0.227. The number of carbonyl (C=O) groups excluding carboxylic acids is 1. The lowest BCUT2D eigenvalue weighted by Crippen LogP contribution is -2.19. The van der Waals surface area contributed by atoms with Gasteiger partial charge in [0, 0.05) is 17.5 Å². The molecule has 29 heavy (non-hydrogen) atoms. The number of hydrogen-bond donors (Lipinski definition) is 3. The summed E-state index contributed by atoms with van der Waals surface area (Å²) in [6, 6.07) is 13.3. The first-order valence-corrected chi connectivity index (χ1v) is 9.10. The molecule has 7 nitrogen and oxygen atoms in total. The van der Waals surface area contributed by atoms with Gasteiger partial charge in [-0.3, -0.25) is 4.79 Å². The molecule has 150 valence electrons. The van der Waals surface area contributed by atoms with E-state index in [0.29, 0.717) is 12.3 Å². The number of benzene rings is 2. The lowest BCUT2D eigenvalue weighted by molar-refractivity contribution is -0.112. The van der Waals surface area contributed by atoms with E-state index in [0.717, 1.165) is 16.9 Å². The monoisotopic (exact) mass is 393 g/mol. The van der Waals surface area contributed by atoms with Crippen LogP contribution >= 0.6 is 0 Å². The van der Waals surface area contributed by atoms with Crippen molar-refractivity contribution in [3.63, 3.8) is 0 Å². The summed E-state index contributed by atoms with van der Waals surface area (Å²) in [5, 5.41) is 24.0. The van der Waals surface area contributed by atoms with Crippen LogP contribution in [0.15, 0.2) is 54.2 Å². The summed E-state index contributed by atoms with van der Waals surface area (Å²) in [5.74, 6) is -1.00.